The average Bonchev–Trinajstić information content (AvgIpc) is 2.47. The van der Waals surface area contributed by atoms with Crippen LogP contribution in [0.1, 0.15) is 38.3 Å². The predicted octanol–water partition coefficient (Wildman–Crippen LogP) is 2.64. The molecule has 2 rings (SSSR count). The first kappa shape index (κ1) is 14.6. The summed E-state index contributed by atoms with van der Waals surface area (Å²) in [6.07, 6.45) is 1.26. The second kappa shape index (κ2) is 5.65. The molecule has 0 radical (unpaired) electrons. The van der Waals surface area contributed by atoms with Gasteiger partial charge in [0.15, 0.2) is 5.78 Å². The first-order chi connectivity index (χ1) is 9.35. The number of carbonyl (C=O) groups is 2. The Labute approximate surface area is 119 Å². The van der Waals surface area contributed by atoms with Crippen LogP contribution in [0.25, 0.3) is 0 Å². The number of hydrogen-bond donors (Lipinski definition) is 1. The van der Waals surface area contributed by atoms with E-state index >= 15 is 0 Å². The Hall–Kier alpha value is -1.84. The quantitative estimate of drug-likeness (QED) is 0.802. The van der Waals surface area contributed by atoms with Crippen molar-refractivity contribution in [3.63, 3.8) is 0 Å². The smallest absolute Gasteiger partial charge is 0.408 e. The van der Waals surface area contributed by atoms with Crippen LogP contribution < -0.4 is 5.32 Å². The van der Waals surface area contributed by atoms with Crippen molar-refractivity contribution in [2.75, 3.05) is 0 Å². The van der Waals surface area contributed by atoms with Gasteiger partial charge in [-0.15, -0.1) is 0 Å². The van der Waals surface area contributed by atoms with Crippen LogP contribution in [-0.2, 0) is 22.4 Å². The van der Waals surface area contributed by atoms with Crippen molar-refractivity contribution in [2.45, 2.75) is 51.7 Å². The van der Waals surface area contributed by atoms with Crippen LogP contribution in [0.4, 0.5) is 4.79 Å². The van der Waals surface area contributed by atoms with Gasteiger partial charge >= 0.3 is 6.09 Å². The van der Waals surface area contributed by atoms with E-state index in [2.05, 4.69) is 5.32 Å². The molecule has 1 aliphatic carbocycles. The molecular weight excluding hydrogens is 254 g/mol. The third-order valence-electron chi connectivity index (χ3n) is 3.27. The number of nitrogens with one attached hydrogen (secondary N) is 1. The first-order valence-electron chi connectivity index (χ1n) is 6.94. The molecule has 1 atom stereocenters. The predicted molar refractivity (Wildman–Crippen MR) is 76.6 cm³/mol. The fourth-order valence-electron chi connectivity index (χ4n) is 2.35. The van der Waals surface area contributed by atoms with Crippen LogP contribution in [0.2, 0.25) is 0 Å². The summed E-state index contributed by atoms with van der Waals surface area (Å²) in [5.41, 5.74) is 1.70. The van der Waals surface area contributed by atoms with Gasteiger partial charge in [-0.25, -0.2) is 4.79 Å². The van der Waals surface area contributed by atoms with Crippen LogP contribution in [-0.4, -0.2) is 23.5 Å². The number of ether oxygens (including phenoxy) is 1. The van der Waals surface area contributed by atoms with Crippen LogP contribution in [0.15, 0.2) is 24.3 Å². The Morgan fingerprint density at radius 3 is 2.55 bits per heavy atom. The summed E-state index contributed by atoms with van der Waals surface area (Å²) < 4.78 is 5.20. The minimum absolute atomic E-state index is 0.0424. The highest BCUT2D eigenvalue weighted by atomic mass is 16.6. The Kier molecular flexibility index (Phi) is 4.12. The highest BCUT2D eigenvalue weighted by Gasteiger charge is 2.27. The molecule has 0 heterocycles. The second-order valence-corrected chi connectivity index (χ2v) is 6.15. The van der Waals surface area contributed by atoms with E-state index in [1.165, 1.54) is 5.56 Å². The van der Waals surface area contributed by atoms with E-state index in [0.29, 0.717) is 12.8 Å². The van der Waals surface area contributed by atoms with Gasteiger partial charge in [-0.2, -0.15) is 0 Å². The molecule has 20 heavy (non-hydrogen) atoms. The summed E-state index contributed by atoms with van der Waals surface area (Å²) in [5.74, 6) is 0.0424. The number of ketones is 1. The largest absolute Gasteiger partial charge is 0.444 e. The lowest BCUT2D eigenvalue weighted by molar-refractivity contribution is -0.120. The molecule has 0 saturated carbocycles. The van der Waals surface area contributed by atoms with Crippen LogP contribution >= 0.6 is 0 Å². The second-order valence-electron chi connectivity index (χ2n) is 6.15. The number of hydrogen-bond acceptors (Lipinski definition) is 3. The zero-order chi connectivity index (χ0) is 14.8. The fourth-order valence-corrected chi connectivity index (χ4v) is 2.35. The molecule has 0 bridgehead atoms. The third kappa shape index (κ3) is 3.83. The molecule has 0 aliphatic heterocycles. The highest BCUT2D eigenvalue weighted by Crippen LogP contribution is 2.19. The monoisotopic (exact) mass is 275 g/mol. The third-order valence-corrected chi connectivity index (χ3v) is 3.27. The van der Waals surface area contributed by atoms with Gasteiger partial charge in [-0.05, 0) is 44.7 Å². The highest BCUT2D eigenvalue weighted by molar-refractivity contribution is 5.89. The number of amides is 1. The number of aryl methyl sites for hydroxylation is 1. The lowest BCUT2D eigenvalue weighted by atomic mass is 10.0. The van der Waals surface area contributed by atoms with Crippen molar-refractivity contribution in [2.24, 2.45) is 0 Å². The van der Waals surface area contributed by atoms with Crippen LogP contribution in [0.5, 0.6) is 0 Å². The van der Waals surface area contributed by atoms with E-state index in [-0.39, 0.29) is 5.78 Å². The van der Waals surface area contributed by atoms with Crippen molar-refractivity contribution in [3.05, 3.63) is 35.4 Å². The van der Waals surface area contributed by atoms with E-state index in [1.54, 1.807) is 20.8 Å². The summed E-state index contributed by atoms with van der Waals surface area (Å²) in [6, 6.07) is 7.47. The SMILES string of the molecule is CC(C)(C)OC(=O)NC1CCc2ccccc2CC1=O. The van der Waals surface area contributed by atoms with Crippen LogP contribution in [0.3, 0.4) is 0 Å². The topological polar surface area (TPSA) is 55.4 Å². The van der Waals surface area contributed by atoms with Gasteiger partial charge < -0.3 is 10.1 Å². The minimum atomic E-state index is -0.555. The summed E-state index contributed by atoms with van der Waals surface area (Å²) >= 11 is 0. The number of carbonyl (C=O) groups excluding carboxylic acids is 2. The maximum absolute atomic E-state index is 12.2. The summed E-state index contributed by atoms with van der Waals surface area (Å²) in [5, 5.41) is 2.69. The van der Waals surface area contributed by atoms with Gasteiger partial charge in [-0.1, -0.05) is 24.3 Å². The van der Waals surface area contributed by atoms with Gasteiger partial charge in [0, 0.05) is 6.42 Å². The molecule has 0 saturated heterocycles. The summed E-state index contributed by atoms with van der Waals surface area (Å²) in [7, 11) is 0. The number of benzene rings is 1. The maximum Gasteiger partial charge on any atom is 0.408 e. The zero-order valence-electron chi connectivity index (χ0n) is 12.2. The fraction of sp³-hybridized carbons (Fsp3) is 0.500. The first-order valence-corrected chi connectivity index (χ1v) is 6.94. The minimum Gasteiger partial charge on any atom is -0.444 e. The van der Waals surface area contributed by atoms with Crippen molar-refractivity contribution >= 4 is 11.9 Å². The molecular formula is C16H21NO3. The molecule has 0 fully saturated rings. The van der Waals surface area contributed by atoms with Crippen molar-refractivity contribution in [1.82, 2.24) is 5.32 Å². The molecule has 1 N–H and O–H groups in total. The van der Waals surface area contributed by atoms with Crippen molar-refractivity contribution < 1.29 is 14.3 Å². The van der Waals surface area contributed by atoms with Crippen LogP contribution in [0, 0.1) is 0 Å². The average molecular weight is 275 g/mol. The summed E-state index contributed by atoms with van der Waals surface area (Å²) in [6.45, 7) is 5.41. The normalized spacial score (nSPS) is 18.9. The molecule has 1 aromatic rings. The van der Waals surface area contributed by atoms with E-state index < -0.39 is 17.7 Å². The maximum atomic E-state index is 12.2. The van der Waals surface area contributed by atoms with Gasteiger partial charge in [0.2, 0.25) is 0 Å². The molecule has 4 nitrogen and oxygen atoms in total. The Morgan fingerprint density at radius 1 is 1.25 bits per heavy atom. The molecule has 4 heteroatoms. The molecule has 1 aliphatic rings. The lowest BCUT2D eigenvalue weighted by Crippen LogP contribution is -2.43. The number of rotatable bonds is 1. The molecule has 108 valence electrons. The van der Waals surface area contributed by atoms with E-state index in [1.807, 2.05) is 24.3 Å². The Bertz CT molecular complexity index is 517. The van der Waals surface area contributed by atoms with E-state index in [0.717, 1.165) is 12.0 Å². The van der Waals surface area contributed by atoms with Crippen molar-refractivity contribution in [3.8, 4) is 0 Å². The van der Waals surface area contributed by atoms with E-state index in [4.69, 9.17) is 4.74 Å². The molecule has 1 amide bonds. The summed E-state index contributed by atoms with van der Waals surface area (Å²) in [4.78, 5) is 24.0. The number of alkyl carbamates (subject to hydrolysis) is 1. The Morgan fingerprint density at radius 2 is 1.90 bits per heavy atom. The lowest BCUT2D eigenvalue weighted by Gasteiger charge is -2.22. The number of fused-ring (bicyclic) bond motifs is 1. The zero-order valence-corrected chi connectivity index (χ0v) is 12.2. The van der Waals surface area contributed by atoms with Gasteiger partial charge in [0.05, 0.1) is 6.04 Å². The number of Topliss-reactive ketones (excluding diaryl/α,β-unsaturated/α-hetero) is 1. The molecule has 1 unspecified atom stereocenters. The van der Waals surface area contributed by atoms with Crippen molar-refractivity contribution in [1.29, 1.82) is 0 Å². The van der Waals surface area contributed by atoms with Gasteiger partial charge in [0.25, 0.3) is 0 Å². The van der Waals surface area contributed by atoms with Gasteiger partial charge in [-0.3, -0.25) is 4.79 Å². The molecule has 0 spiro atoms. The Balaban J connectivity index is 2.02. The standard InChI is InChI=1S/C16H21NO3/c1-16(2,3)20-15(19)17-13-9-8-11-6-4-5-7-12(11)10-14(13)18/h4-7,13H,8-10H2,1-3H3,(H,17,19). The molecule has 0 aromatic heterocycles. The van der Waals surface area contributed by atoms with E-state index in [9.17, 15) is 9.59 Å². The van der Waals surface area contributed by atoms with Gasteiger partial charge in [0.1, 0.15) is 5.60 Å². The molecule has 1 aromatic carbocycles.